The van der Waals surface area contributed by atoms with Gasteiger partial charge in [0.1, 0.15) is 11.2 Å². The van der Waals surface area contributed by atoms with Crippen molar-refractivity contribution in [2.24, 2.45) is 28.6 Å². The number of hydrogen-bond donors (Lipinski definition) is 0. The first kappa shape index (κ1) is 18.9. The van der Waals surface area contributed by atoms with Gasteiger partial charge in [-0.25, -0.2) is 0 Å². The molecule has 4 aliphatic carbocycles. The van der Waals surface area contributed by atoms with Crippen molar-refractivity contribution in [2.75, 3.05) is 14.2 Å². The minimum Gasteiger partial charge on any atom is -0.497 e. The number of ketones is 1. The Balaban J connectivity index is 1.52. The van der Waals surface area contributed by atoms with E-state index in [1.54, 1.807) is 7.11 Å². The van der Waals surface area contributed by atoms with E-state index in [1.165, 1.54) is 18.2 Å². The Labute approximate surface area is 172 Å². The van der Waals surface area contributed by atoms with Crippen LogP contribution in [0.2, 0.25) is 0 Å². The van der Waals surface area contributed by atoms with Gasteiger partial charge in [-0.05, 0) is 79.5 Å². The minimum absolute atomic E-state index is 0.0171. The molecule has 0 amide bonds. The van der Waals surface area contributed by atoms with Crippen molar-refractivity contribution in [3.8, 4) is 5.75 Å². The van der Waals surface area contributed by atoms with Gasteiger partial charge in [-0.15, -0.1) is 0 Å². The highest BCUT2D eigenvalue weighted by Gasteiger charge is 2.66. The van der Waals surface area contributed by atoms with E-state index < -0.39 is 10.8 Å². The van der Waals surface area contributed by atoms with E-state index >= 15 is 0 Å². The zero-order valence-corrected chi connectivity index (χ0v) is 17.6. The molecular weight excluding hydrogens is 364 g/mol. The smallest absolute Gasteiger partial charge is 0.320 e. The Morgan fingerprint density at radius 3 is 2.79 bits per heavy atom. The van der Waals surface area contributed by atoms with Gasteiger partial charge in [0.15, 0.2) is 5.78 Å². The summed E-state index contributed by atoms with van der Waals surface area (Å²) < 4.78 is 10.6. The second-order valence-corrected chi connectivity index (χ2v) is 9.70. The molecule has 4 aliphatic rings. The lowest BCUT2D eigenvalue weighted by Crippen LogP contribution is -2.60. The van der Waals surface area contributed by atoms with Gasteiger partial charge in [0.2, 0.25) is 0 Å². The molecule has 5 rings (SSSR count). The van der Waals surface area contributed by atoms with Gasteiger partial charge in [-0.3, -0.25) is 9.59 Å². The molecule has 154 valence electrons. The van der Waals surface area contributed by atoms with E-state index in [0.717, 1.165) is 37.9 Å². The maximum atomic E-state index is 13.9. The Hall–Kier alpha value is -2.10. The Bertz CT molecular complexity index is 902. The molecule has 0 heterocycles. The molecule has 0 aliphatic heterocycles. The van der Waals surface area contributed by atoms with E-state index in [9.17, 15) is 9.59 Å². The van der Waals surface area contributed by atoms with Crippen LogP contribution in [0, 0.1) is 28.6 Å². The van der Waals surface area contributed by atoms with Crippen LogP contribution in [-0.4, -0.2) is 26.0 Å². The molecule has 0 aromatic heterocycles. The molecule has 4 nitrogen and oxygen atoms in total. The maximum Gasteiger partial charge on any atom is 0.320 e. The van der Waals surface area contributed by atoms with Crippen LogP contribution in [0.15, 0.2) is 30.4 Å². The number of methoxy groups -OCH3 is 2. The lowest BCUT2D eigenvalue weighted by molar-refractivity contribution is -0.175. The van der Waals surface area contributed by atoms with Crippen LogP contribution in [0.25, 0.3) is 0 Å². The third-order valence-corrected chi connectivity index (χ3v) is 8.75. The van der Waals surface area contributed by atoms with Crippen LogP contribution in [0.4, 0.5) is 0 Å². The number of allylic oxidation sites excluding steroid dienone is 2. The van der Waals surface area contributed by atoms with Crippen molar-refractivity contribution in [1.82, 2.24) is 0 Å². The molecular formula is C25H30O4. The monoisotopic (exact) mass is 394 g/mol. The van der Waals surface area contributed by atoms with Gasteiger partial charge < -0.3 is 9.47 Å². The second kappa shape index (κ2) is 6.45. The Morgan fingerprint density at radius 1 is 1.21 bits per heavy atom. The van der Waals surface area contributed by atoms with E-state index in [4.69, 9.17) is 9.47 Å². The van der Waals surface area contributed by atoms with Crippen molar-refractivity contribution >= 4 is 11.8 Å². The van der Waals surface area contributed by atoms with Crippen LogP contribution in [0.5, 0.6) is 5.75 Å². The minimum atomic E-state index is -0.979. The fraction of sp³-hybridized carbons (Fsp3) is 0.600. The predicted molar refractivity (Wildman–Crippen MR) is 110 cm³/mol. The summed E-state index contributed by atoms with van der Waals surface area (Å²) in [4.78, 5) is 26.7. The van der Waals surface area contributed by atoms with Gasteiger partial charge in [0.05, 0.1) is 14.2 Å². The summed E-state index contributed by atoms with van der Waals surface area (Å²) in [5.74, 6) is 2.05. The number of fused-ring (bicyclic) bond motifs is 6. The van der Waals surface area contributed by atoms with Crippen LogP contribution >= 0.6 is 0 Å². The molecule has 0 N–H and O–H groups in total. The number of aryl methyl sites for hydroxylation is 1. The molecule has 6 atom stereocenters. The summed E-state index contributed by atoms with van der Waals surface area (Å²) in [5.41, 5.74) is 1.44. The quantitative estimate of drug-likeness (QED) is 0.422. The number of rotatable bonds is 2. The van der Waals surface area contributed by atoms with Gasteiger partial charge in [0, 0.05) is 11.3 Å². The topological polar surface area (TPSA) is 52.6 Å². The van der Waals surface area contributed by atoms with Crippen LogP contribution < -0.4 is 4.74 Å². The number of Topliss-reactive ketones (excluding diaryl/α,β-unsaturated/α-hetero) is 1. The predicted octanol–water partition coefficient (Wildman–Crippen LogP) is 4.47. The van der Waals surface area contributed by atoms with Gasteiger partial charge >= 0.3 is 5.97 Å². The molecule has 0 saturated heterocycles. The number of carbonyl (C=O) groups excluding carboxylic acids is 2. The first-order valence-corrected chi connectivity index (χ1v) is 10.9. The zero-order valence-electron chi connectivity index (χ0n) is 17.6. The molecule has 29 heavy (non-hydrogen) atoms. The van der Waals surface area contributed by atoms with E-state index in [1.807, 2.05) is 6.08 Å². The molecule has 0 spiro atoms. The van der Waals surface area contributed by atoms with Gasteiger partial charge in [0.25, 0.3) is 0 Å². The third kappa shape index (κ3) is 2.38. The molecule has 4 heteroatoms. The first-order chi connectivity index (χ1) is 14.0. The number of esters is 1. The lowest BCUT2D eigenvalue weighted by Gasteiger charge is -2.57. The molecule has 1 aromatic carbocycles. The highest BCUT2D eigenvalue weighted by Crippen LogP contribution is 2.64. The second-order valence-electron chi connectivity index (χ2n) is 9.70. The van der Waals surface area contributed by atoms with Crippen LogP contribution in [0.3, 0.4) is 0 Å². The highest BCUT2D eigenvalue weighted by molar-refractivity contribution is 6.08. The van der Waals surface area contributed by atoms with E-state index in [2.05, 4.69) is 31.2 Å². The van der Waals surface area contributed by atoms with E-state index in [0.29, 0.717) is 24.2 Å². The average molecular weight is 395 g/mol. The van der Waals surface area contributed by atoms with Gasteiger partial charge in [-0.2, -0.15) is 0 Å². The summed E-state index contributed by atoms with van der Waals surface area (Å²) in [5, 5.41) is 0. The molecule has 1 aromatic rings. The lowest BCUT2D eigenvalue weighted by atomic mass is 9.44. The highest BCUT2D eigenvalue weighted by atomic mass is 16.5. The fourth-order valence-electron chi connectivity index (χ4n) is 7.29. The average Bonchev–Trinajstić information content (AvgIpc) is 3.18. The molecule has 0 radical (unpaired) electrons. The summed E-state index contributed by atoms with van der Waals surface area (Å²) in [6.07, 6.45) is 9.58. The molecule has 0 bridgehead atoms. The normalized spacial score (nSPS) is 39.8. The first-order valence-electron chi connectivity index (χ1n) is 10.9. The zero-order chi connectivity index (χ0) is 20.4. The third-order valence-electron chi connectivity index (χ3n) is 8.75. The number of ether oxygens (including phenoxy) is 2. The fourth-order valence-corrected chi connectivity index (χ4v) is 7.29. The SMILES string of the molecule is COC(=O)[C@]12CC=C[C@H]1C[C@H]1[C@@H]3CCc4cc(OC)ccc4[C@H]3CC[C@]1(C)C2=O. The van der Waals surface area contributed by atoms with Crippen molar-refractivity contribution in [3.05, 3.63) is 41.5 Å². The Morgan fingerprint density at radius 2 is 2.03 bits per heavy atom. The molecule has 0 unspecified atom stereocenters. The van der Waals surface area contributed by atoms with Crippen LogP contribution in [-0.2, 0) is 20.7 Å². The molecule has 2 fully saturated rings. The largest absolute Gasteiger partial charge is 0.497 e. The van der Waals surface area contributed by atoms with E-state index in [-0.39, 0.29) is 17.7 Å². The van der Waals surface area contributed by atoms with Crippen molar-refractivity contribution < 1.29 is 19.1 Å². The summed E-state index contributed by atoms with van der Waals surface area (Å²) >= 11 is 0. The van der Waals surface area contributed by atoms with Crippen molar-refractivity contribution in [2.45, 2.75) is 51.4 Å². The number of hydrogen-bond acceptors (Lipinski definition) is 4. The summed E-state index contributed by atoms with van der Waals surface area (Å²) in [6.45, 7) is 2.14. The van der Waals surface area contributed by atoms with Crippen molar-refractivity contribution in [3.63, 3.8) is 0 Å². The Kier molecular flexibility index (Phi) is 4.20. The van der Waals surface area contributed by atoms with Crippen LogP contribution in [0.1, 0.15) is 56.1 Å². The number of benzene rings is 1. The standard InChI is InChI=1S/C25H30O4/c1-24-12-10-19-18-9-7-17(28-2)13-15(18)6-8-20(19)21(24)14-16-5-4-11-25(16,22(24)26)23(27)29-3/h4-5,7,9,13,16,19-21H,6,8,10-12,14H2,1-3H3/t16-,19+,20+,21-,24-,25+/m0/s1. The summed E-state index contributed by atoms with van der Waals surface area (Å²) in [6, 6.07) is 6.50. The van der Waals surface area contributed by atoms with Crippen molar-refractivity contribution in [1.29, 1.82) is 0 Å². The van der Waals surface area contributed by atoms with Gasteiger partial charge in [-0.1, -0.05) is 25.1 Å². The number of carbonyl (C=O) groups is 2. The summed E-state index contributed by atoms with van der Waals surface area (Å²) in [7, 11) is 3.13. The molecule has 2 saturated carbocycles. The maximum absolute atomic E-state index is 13.9.